The number of rotatable bonds is 4. The summed E-state index contributed by atoms with van der Waals surface area (Å²) in [4.78, 5) is 0.554. The second-order valence-corrected chi connectivity index (χ2v) is 12.5. The second-order valence-electron chi connectivity index (χ2n) is 7.40. The fourth-order valence-electron chi connectivity index (χ4n) is 3.28. The Morgan fingerprint density at radius 1 is 0.633 bits per heavy atom. The zero-order valence-electron chi connectivity index (χ0n) is 17.3. The maximum atomic E-state index is 13.1. The van der Waals surface area contributed by atoms with Crippen molar-refractivity contribution in [3.05, 3.63) is 59.7 Å². The van der Waals surface area contributed by atoms with Crippen molar-refractivity contribution in [3.8, 4) is 0 Å². The summed E-state index contributed by atoms with van der Waals surface area (Å²) in [5, 5.41) is 0. The average Bonchev–Trinajstić information content (AvgIpc) is 2.72. The molecule has 0 saturated carbocycles. The number of hydrogen-bond donors (Lipinski definition) is 0. The quantitative estimate of drug-likeness (QED) is 0.689. The van der Waals surface area contributed by atoms with Gasteiger partial charge in [0.05, 0.1) is 9.79 Å². The normalized spacial score (nSPS) is 18.2. The molecule has 0 unspecified atom stereocenters. The van der Waals surface area contributed by atoms with Crippen molar-refractivity contribution in [2.75, 3.05) is 37.7 Å². The SMILES string of the molecule is Cc1ccc(S(=O)(=O)N2CCCN(S(=O)(=O)c3ccc(C)cc3)CCSCC2)cc1. The molecule has 0 amide bonds. The maximum absolute atomic E-state index is 13.1. The summed E-state index contributed by atoms with van der Waals surface area (Å²) < 4.78 is 55.3. The van der Waals surface area contributed by atoms with Gasteiger partial charge < -0.3 is 0 Å². The lowest BCUT2D eigenvalue weighted by Crippen LogP contribution is -2.39. The molecule has 1 heterocycles. The van der Waals surface area contributed by atoms with E-state index in [2.05, 4.69) is 0 Å². The van der Waals surface area contributed by atoms with Gasteiger partial charge in [-0.2, -0.15) is 20.4 Å². The molecule has 3 rings (SSSR count). The minimum absolute atomic E-state index is 0.277. The van der Waals surface area contributed by atoms with Crippen LogP contribution < -0.4 is 0 Å². The molecule has 9 heteroatoms. The highest BCUT2D eigenvalue weighted by Crippen LogP contribution is 2.21. The van der Waals surface area contributed by atoms with Gasteiger partial charge in [0.15, 0.2) is 0 Å². The summed E-state index contributed by atoms with van der Waals surface area (Å²) in [7, 11) is -7.21. The monoisotopic (exact) mass is 468 g/mol. The highest BCUT2D eigenvalue weighted by Gasteiger charge is 2.28. The van der Waals surface area contributed by atoms with Crippen molar-refractivity contribution in [3.63, 3.8) is 0 Å². The molecular formula is C21H28N2O4S3. The first-order valence-corrected chi connectivity index (χ1v) is 14.0. The lowest BCUT2D eigenvalue weighted by atomic mass is 10.2. The molecule has 1 aliphatic heterocycles. The minimum Gasteiger partial charge on any atom is -0.207 e. The van der Waals surface area contributed by atoms with E-state index in [1.807, 2.05) is 13.8 Å². The van der Waals surface area contributed by atoms with Crippen LogP contribution in [-0.2, 0) is 20.0 Å². The van der Waals surface area contributed by atoms with Crippen LogP contribution in [0.4, 0.5) is 0 Å². The van der Waals surface area contributed by atoms with Crippen LogP contribution in [-0.4, -0.2) is 63.1 Å². The van der Waals surface area contributed by atoms with Crippen LogP contribution in [0.15, 0.2) is 58.3 Å². The first kappa shape index (κ1) is 23.3. The van der Waals surface area contributed by atoms with Gasteiger partial charge in [-0.1, -0.05) is 35.4 Å². The van der Waals surface area contributed by atoms with E-state index in [0.717, 1.165) is 11.1 Å². The van der Waals surface area contributed by atoms with E-state index in [4.69, 9.17) is 0 Å². The highest BCUT2D eigenvalue weighted by molar-refractivity contribution is 7.99. The van der Waals surface area contributed by atoms with Crippen molar-refractivity contribution >= 4 is 31.8 Å². The zero-order chi connectivity index (χ0) is 21.8. The predicted octanol–water partition coefficient (Wildman–Crippen LogP) is 3.12. The molecule has 0 atom stereocenters. The Morgan fingerprint density at radius 3 is 1.37 bits per heavy atom. The van der Waals surface area contributed by atoms with Gasteiger partial charge in [0, 0.05) is 37.7 Å². The van der Waals surface area contributed by atoms with Crippen LogP contribution >= 0.6 is 11.8 Å². The molecule has 1 saturated heterocycles. The van der Waals surface area contributed by atoms with E-state index in [9.17, 15) is 16.8 Å². The minimum atomic E-state index is -3.60. The van der Waals surface area contributed by atoms with E-state index in [1.165, 1.54) is 8.61 Å². The van der Waals surface area contributed by atoms with E-state index < -0.39 is 20.0 Å². The molecule has 2 aromatic carbocycles. The number of sulfonamides is 2. The number of aryl methyl sites for hydroxylation is 2. The Morgan fingerprint density at radius 2 is 1.00 bits per heavy atom. The van der Waals surface area contributed by atoms with Gasteiger partial charge in [-0.25, -0.2) is 16.8 Å². The molecule has 0 spiro atoms. The summed E-state index contributed by atoms with van der Waals surface area (Å²) in [6.45, 7) is 5.25. The maximum Gasteiger partial charge on any atom is 0.243 e. The molecule has 164 valence electrons. The average molecular weight is 469 g/mol. The van der Waals surface area contributed by atoms with E-state index in [0.29, 0.717) is 31.0 Å². The number of thioether (sulfide) groups is 1. The molecule has 2 aromatic rings. The fourth-order valence-corrected chi connectivity index (χ4v) is 7.37. The molecule has 0 aliphatic carbocycles. The Labute approximate surface area is 184 Å². The lowest BCUT2D eigenvalue weighted by molar-refractivity contribution is 0.373. The first-order valence-electron chi connectivity index (χ1n) is 9.93. The van der Waals surface area contributed by atoms with Crippen molar-refractivity contribution in [2.45, 2.75) is 30.1 Å². The largest absolute Gasteiger partial charge is 0.243 e. The Bertz CT molecular complexity index is 965. The number of hydrogen-bond acceptors (Lipinski definition) is 5. The zero-order valence-corrected chi connectivity index (χ0v) is 19.8. The lowest BCUT2D eigenvalue weighted by Gasteiger charge is -2.27. The van der Waals surface area contributed by atoms with Crippen molar-refractivity contribution in [1.82, 2.24) is 8.61 Å². The molecular weight excluding hydrogens is 440 g/mol. The van der Waals surface area contributed by atoms with Gasteiger partial charge in [0.1, 0.15) is 0 Å². The van der Waals surface area contributed by atoms with Crippen LogP contribution in [0.5, 0.6) is 0 Å². The molecule has 1 aliphatic rings. The molecule has 0 N–H and O–H groups in total. The summed E-state index contributed by atoms with van der Waals surface area (Å²) in [6.07, 6.45) is 0.445. The van der Waals surface area contributed by atoms with Crippen molar-refractivity contribution < 1.29 is 16.8 Å². The van der Waals surface area contributed by atoms with E-state index >= 15 is 0 Å². The molecule has 0 bridgehead atoms. The van der Waals surface area contributed by atoms with Crippen LogP contribution in [0.3, 0.4) is 0 Å². The standard InChI is InChI=1S/C21H28N2O4S3/c1-18-4-8-20(9-5-18)29(24,25)22-12-3-13-23(15-17-28-16-14-22)30(26,27)21-10-6-19(2)7-11-21/h4-11H,3,12-17H2,1-2H3. The molecule has 6 nitrogen and oxygen atoms in total. The van der Waals surface area contributed by atoms with Crippen molar-refractivity contribution in [2.24, 2.45) is 0 Å². The van der Waals surface area contributed by atoms with E-state index in [-0.39, 0.29) is 22.9 Å². The van der Waals surface area contributed by atoms with Crippen molar-refractivity contribution in [1.29, 1.82) is 0 Å². The van der Waals surface area contributed by atoms with Gasteiger partial charge in [-0.15, -0.1) is 0 Å². The molecule has 1 fully saturated rings. The molecule has 30 heavy (non-hydrogen) atoms. The third-order valence-electron chi connectivity index (χ3n) is 5.10. The van der Waals surface area contributed by atoms with Gasteiger partial charge in [0.2, 0.25) is 20.0 Å². The van der Waals surface area contributed by atoms with Crippen LogP contribution in [0.1, 0.15) is 17.5 Å². The summed E-state index contributed by atoms with van der Waals surface area (Å²) in [5.41, 5.74) is 2.00. The topological polar surface area (TPSA) is 74.8 Å². The van der Waals surface area contributed by atoms with Crippen LogP contribution in [0, 0.1) is 13.8 Å². The summed E-state index contributed by atoms with van der Waals surface area (Å²) in [5.74, 6) is 1.26. The van der Waals surface area contributed by atoms with Gasteiger partial charge >= 0.3 is 0 Å². The molecule has 0 aromatic heterocycles. The number of benzene rings is 2. The van der Waals surface area contributed by atoms with Gasteiger partial charge in [0.25, 0.3) is 0 Å². The second kappa shape index (κ2) is 9.82. The summed E-state index contributed by atoms with van der Waals surface area (Å²) >= 11 is 1.57. The molecule has 0 radical (unpaired) electrons. The highest BCUT2D eigenvalue weighted by atomic mass is 32.2. The Hall–Kier alpha value is -1.39. The first-order chi connectivity index (χ1) is 14.2. The van der Waals surface area contributed by atoms with Crippen LogP contribution in [0.25, 0.3) is 0 Å². The smallest absolute Gasteiger partial charge is 0.207 e. The third-order valence-corrected chi connectivity index (χ3v) is 9.87. The summed E-state index contributed by atoms with van der Waals surface area (Å²) in [6, 6.07) is 13.7. The third kappa shape index (κ3) is 5.45. The Kier molecular flexibility index (Phi) is 7.62. The Balaban J connectivity index is 1.76. The predicted molar refractivity (Wildman–Crippen MR) is 122 cm³/mol. The van der Waals surface area contributed by atoms with Crippen LogP contribution in [0.2, 0.25) is 0 Å². The van der Waals surface area contributed by atoms with Gasteiger partial charge in [-0.05, 0) is 44.5 Å². The number of nitrogens with zero attached hydrogens (tertiary/aromatic N) is 2. The van der Waals surface area contributed by atoms with E-state index in [1.54, 1.807) is 60.3 Å². The fraction of sp³-hybridized carbons (Fsp3) is 0.429. The van der Waals surface area contributed by atoms with Gasteiger partial charge in [-0.3, -0.25) is 0 Å².